The van der Waals surface area contributed by atoms with Gasteiger partial charge >= 0.3 is 0 Å². The summed E-state index contributed by atoms with van der Waals surface area (Å²) in [6.07, 6.45) is 1.60. The first-order valence-corrected chi connectivity index (χ1v) is 4.33. The second-order valence-electron chi connectivity index (χ2n) is 1.57. The zero-order valence-electron chi connectivity index (χ0n) is 4.81. The van der Waals surface area contributed by atoms with E-state index in [1.165, 1.54) is 0 Å². The van der Waals surface area contributed by atoms with Crippen molar-refractivity contribution in [2.45, 2.75) is 0 Å². The summed E-state index contributed by atoms with van der Waals surface area (Å²) in [5.74, 6) is 0. The summed E-state index contributed by atoms with van der Waals surface area (Å²) < 4.78 is 1.78. The van der Waals surface area contributed by atoms with Gasteiger partial charge in [0.1, 0.15) is 6.07 Å². The maximum absolute atomic E-state index is 8.50. The van der Waals surface area contributed by atoms with Crippen molar-refractivity contribution in [3.05, 3.63) is 26.0 Å². The molecule has 1 aromatic rings. The van der Waals surface area contributed by atoms with Gasteiger partial charge in [0.25, 0.3) is 0 Å². The molecule has 0 amide bonds. The summed E-state index contributed by atoms with van der Waals surface area (Å²) in [5, 5.41) is 8.50. The number of pyridine rings is 1. The van der Waals surface area contributed by atoms with Crippen LogP contribution in [0.25, 0.3) is 0 Å². The van der Waals surface area contributed by atoms with Crippen molar-refractivity contribution in [2.75, 3.05) is 0 Å². The summed E-state index contributed by atoms with van der Waals surface area (Å²) in [6, 6.07) is 3.80. The van der Waals surface area contributed by atoms with Gasteiger partial charge in [-0.15, -0.1) is 0 Å². The Kier molecular flexibility index (Phi) is 2.63. The van der Waals surface area contributed by atoms with E-state index in [2.05, 4.69) is 43.5 Å². The summed E-state index contributed by atoms with van der Waals surface area (Å²) in [7, 11) is 0. The molecule has 0 fully saturated rings. The lowest BCUT2D eigenvalue weighted by molar-refractivity contribution is 1.23. The fourth-order valence-corrected chi connectivity index (χ4v) is 1.24. The molecule has 0 saturated heterocycles. The molecule has 0 radical (unpaired) electrons. The molecule has 1 rings (SSSR count). The minimum Gasteiger partial charge on any atom is -0.244 e. The summed E-state index contributed by atoms with van der Waals surface area (Å²) >= 11 is 5.36. The smallest absolute Gasteiger partial charge is 0.154 e. The molecule has 0 atom stereocenters. The van der Waals surface area contributed by atoms with Gasteiger partial charge in [-0.2, -0.15) is 5.26 Å². The standard InChI is InChI=1S/C6H2BrIN2/c7-4-1-2-10-5(3-9)6(4)8/h1-2H. The van der Waals surface area contributed by atoms with Crippen LogP contribution in [-0.4, -0.2) is 4.98 Å². The number of aromatic nitrogens is 1. The van der Waals surface area contributed by atoms with Gasteiger partial charge in [-0.1, -0.05) is 0 Å². The van der Waals surface area contributed by atoms with Crippen LogP contribution in [0.15, 0.2) is 16.7 Å². The Labute approximate surface area is 80.5 Å². The highest BCUT2D eigenvalue weighted by molar-refractivity contribution is 14.1. The minimum absolute atomic E-state index is 0.468. The molecule has 0 saturated carbocycles. The van der Waals surface area contributed by atoms with E-state index in [9.17, 15) is 0 Å². The first-order valence-electron chi connectivity index (χ1n) is 2.46. The molecule has 0 spiro atoms. The third-order valence-corrected chi connectivity index (χ3v) is 3.44. The van der Waals surface area contributed by atoms with Gasteiger partial charge in [-0.05, 0) is 44.6 Å². The molecule has 4 heteroatoms. The summed E-state index contributed by atoms with van der Waals surface area (Å²) in [5.41, 5.74) is 0.468. The molecule has 1 aromatic heterocycles. The largest absolute Gasteiger partial charge is 0.244 e. The Bertz CT molecular complexity index is 292. The van der Waals surface area contributed by atoms with Gasteiger partial charge in [0.2, 0.25) is 0 Å². The highest BCUT2D eigenvalue weighted by atomic mass is 127. The monoisotopic (exact) mass is 308 g/mol. The first-order chi connectivity index (χ1) is 4.75. The molecular weight excluding hydrogens is 307 g/mol. The van der Waals surface area contributed by atoms with E-state index in [0.29, 0.717) is 5.69 Å². The van der Waals surface area contributed by atoms with Crippen LogP contribution in [0.5, 0.6) is 0 Å². The average molecular weight is 309 g/mol. The second kappa shape index (κ2) is 3.30. The van der Waals surface area contributed by atoms with Crippen LogP contribution in [-0.2, 0) is 0 Å². The van der Waals surface area contributed by atoms with Crippen LogP contribution >= 0.6 is 38.5 Å². The van der Waals surface area contributed by atoms with Crippen molar-refractivity contribution >= 4 is 38.5 Å². The fourth-order valence-electron chi connectivity index (χ4n) is 0.498. The maximum Gasteiger partial charge on any atom is 0.154 e. The Morgan fingerprint density at radius 2 is 2.40 bits per heavy atom. The van der Waals surface area contributed by atoms with Crippen molar-refractivity contribution in [1.29, 1.82) is 5.26 Å². The van der Waals surface area contributed by atoms with Crippen LogP contribution in [0, 0.1) is 14.9 Å². The Hall–Kier alpha value is -0.150. The minimum atomic E-state index is 0.468. The molecule has 1 heterocycles. The number of hydrogen-bond acceptors (Lipinski definition) is 2. The van der Waals surface area contributed by atoms with E-state index in [1.54, 1.807) is 6.20 Å². The lowest BCUT2D eigenvalue weighted by Crippen LogP contribution is -1.86. The van der Waals surface area contributed by atoms with Crippen molar-refractivity contribution in [3.63, 3.8) is 0 Å². The molecule has 0 N–H and O–H groups in total. The number of nitrogens with zero attached hydrogens (tertiary/aromatic N) is 2. The Morgan fingerprint density at radius 3 is 2.90 bits per heavy atom. The Balaban J connectivity index is 3.31. The number of nitriles is 1. The molecule has 2 nitrogen and oxygen atoms in total. The van der Waals surface area contributed by atoms with E-state index in [4.69, 9.17) is 5.26 Å². The number of hydrogen-bond donors (Lipinski definition) is 0. The van der Waals surface area contributed by atoms with Gasteiger partial charge in [-0.25, -0.2) is 4.98 Å². The SMILES string of the molecule is N#Cc1nccc(Br)c1I. The molecular formula is C6H2BrIN2. The summed E-state index contributed by atoms with van der Waals surface area (Å²) in [6.45, 7) is 0. The van der Waals surface area contributed by atoms with E-state index >= 15 is 0 Å². The fraction of sp³-hybridized carbons (Fsp3) is 0. The van der Waals surface area contributed by atoms with Crippen molar-refractivity contribution in [3.8, 4) is 6.07 Å². The Morgan fingerprint density at radius 1 is 1.70 bits per heavy atom. The van der Waals surface area contributed by atoms with Crippen molar-refractivity contribution < 1.29 is 0 Å². The highest BCUT2D eigenvalue weighted by Crippen LogP contribution is 2.19. The molecule has 0 aliphatic heterocycles. The third-order valence-electron chi connectivity index (χ3n) is 0.948. The molecule has 0 bridgehead atoms. The maximum atomic E-state index is 8.50. The molecule has 50 valence electrons. The highest BCUT2D eigenvalue weighted by Gasteiger charge is 2.01. The number of rotatable bonds is 0. The first kappa shape index (κ1) is 7.95. The van der Waals surface area contributed by atoms with Crippen LogP contribution in [0.4, 0.5) is 0 Å². The van der Waals surface area contributed by atoms with Crippen LogP contribution < -0.4 is 0 Å². The van der Waals surface area contributed by atoms with Gasteiger partial charge in [0.15, 0.2) is 5.69 Å². The lowest BCUT2D eigenvalue weighted by atomic mass is 10.4. The van der Waals surface area contributed by atoms with Crippen molar-refractivity contribution in [1.82, 2.24) is 4.98 Å². The quantitative estimate of drug-likeness (QED) is 0.690. The lowest BCUT2D eigenvalue weighted by Gasteiger charge is -1.94. The van der Waals surface area contributed by atoms with Crippen LogP contribution in [0.1, 0.15) is 5.69 Å². The predicted octanol–water partition coefficient (Wildman–Crippen LogP) is 2.32. The van der Waals surface area contributed by atoms with Crippen LogP contribution in [0.2, 0.25) is 0 Å². The van der Waals surface area contributed by atoms with Gasteiger partial charge in [0.05, 0.1) is 3.57 Å². The van der Waals surface area contributed by atoms with Crippen molar-refractivity contribution in [2.24, 2.45) is 0 Å². The molecule has 0 aliphatic rings. The topological polar surface area (TPSA) is 36.7 Å². The molecule has 0 unspecified atom stereocenters. The summed E-state index contributed by atoms with van der Waals surface area (Å²) in [4.78, 5) is 3.86. The van der Waals surface area contributed by atoms with E-state index in [1.807, 2.05) is 12.1 Å². The predicted molar refractivity (Wildman–Crippen MR) is 49.4 cm³/mol. The van der Waals surface area contributed by atoms with Crippen LogP contribution in [0.3, 0.4) is 0 Å². The molecule has 0 aliphatic carbocycles. The normalized spacial score (nSPS) is 8.90. The second-order valence-corrected chi connectivity index (χ2v) is 3.50. The molecule has 0 aromatic carbocycles. The van der Waals surface area contributed by atoms with E-state index in [-0.39, 0.29) is 0 Å². The number of halogens is 2. The third kappa shape index (κ3) is 1.47. The zero-order chi connectivity index (χ0) is 7.56. The van der Waals surface area contributed by atoms with Gasteiger partial charge in [-0.3, -0.25) is 0 Å². The average Bonchev–Trinajstić information content (AvgIpc) is 1.95. The van der Waals surface area contributed by atoms with Gasteiger partial charge in [0, 0.05) is 10.7 Å². The molecule has 10 heavy (non-hydrogen) atoms. The van der Waals surface area contributed by atoms with Gasteiger partial charge < -0.3 is 0 Å². The van der Waals surface area contributed by atoms with E-state index in [0.717, 1.165) is 8.04 Å². The van der Waals surface area contributed by atoms with E-state index < -0.39 is 0 Å². The zero-order valence-corrected chi connectivity index (χ0v) is 8.55.